The molecule has 0 radical (unpaired) electrons. The van der Waals surface area contributed by atoms with Gasteiger partial charge in [0.25, 0.3) is 0 Å². The maximum absolute atomic E-state index is 13.7. The number of carbonyl (C=O) groups excluding carboxylic acids is 5. The number of benzene rings is 1. The number of aromatic hydroxyl groups is 1. The number of amides is 1. The first-order valence-corrected chi connectivity index (χ1v) is 10.7. The second-order valence-electron chi connectivity index (χ2n) is 9.64. The molecular formula is C23H27N3O7. The zero-order valence-corrected chi connectivity index (χ0v) is 18.9. The number of hydrogen-bond donors (Lipinski definition) is 3. The van der Waals surface area contributed by atoms with Crippen LogP contribution in [0.15, 0.2) is 12.1 Å². The zero-order chi connectivity index (χ0) is 24.6. The van der Waals surface area contributed by atoms with Gasteiger partial charge in [-0.3, -0.25) is 28.9 Å². The van der Waals surface area contributed by atoms with Crippen LogP contribution in [0, 0.1) is 23.7 Å². The molecule has 10 nitrogen and oxygen atoms in total. The molecule has 4 N–H and O–H groups in total. The molecule has 1 aromatic carbocycles. The van der Waals surface area contributed by atoms with Crippen LogP contribution in [0.3, 0.4) is 0 Å². The van der Waals surface area contributed by atoms with Crippen LogP contribution in [0.5, 0.6) is 5.75 Å². The average Bonchev–Trinajstić information content (AvgIpc) is 2.70. The van der Waals surface area contributed by atoms with Gasteiger partial charge in [0.1, 0.15) is 5.75 Å². The van der Waals surface area contributed by atoms with Crippen molar-refractivity contribution in [3.05, 3.63) is 23.3 Å². The van der Waals surface area contributed by atoms with E-state index in [1.807, 2.05) is 0 Å². The maximum Gasteiger partial charge on any atom is 0.235 e. The Kier molecular flexibility index (Phi) is 5.21. The molecule has 0 aliphatic heterocycles. The van der Waals surface area contributed by atoms with E-state index < -0.39 is 64.4 Å². The standard InChI is InChI=1S/C23H27N3O7/c1-25(2)12-5-6-13(27)15-10(12)7-9-8-11-17(26(3)4)19(29)16(22(24)32)21(31)23(11,33)20(30)14(9)18(15)28/h5-6,9,11,14,16-17,27,33H,7-8H2,1-4H3,(H2,24,32)/t9?,11?,14?,16?,17?,23-/m0/s1. The summed E-state index contributed by atoms with van der Waals surface area (Å²) in [4.78, 5) is 68.6. The van der Waals surface area contributed by atoms with E-state index in [1.165, 1.54) is 11.0 Å². The lowest BCUT2D eigenvalue weighted by atomic mass is 9.52. The van der Waals surface area contributed by atoms with E-state index >= 15 is 0 Å². The number of nitrogens with zero attached hydrogens (tertiary/aromatic N) is 2. The number of phenolic OH excluding ortho intramolecular Hbond substituents is 1. The van der Waals surface area contributed by atoms with Crippen molar-refractivity contribution in [3.63, 3.8) is 0 Å². The average molecular weight is 457 g/mol. The molecule has 10 heteroatoms. The minimum absolute atomic E-state index is 0.00667. The summed E-state index contributed by atoms with van der Waals surface area (Å²) >= 11 is 0. The van der Waals surface area contributed by atoms with Gasteiger partial charge < -0.3 is 20.8 Å². The minimum Gasteiger partial charge on any atom is -0.507 e. The lowest BCUT2D eigenvalue weighted by Gasteiger charge is -2.52. The van der Waals surface area contributed by atoms with Gasteiger partial charge in [0.2, 0.25) is 5.91 Å². The van der Waals surface area contributed by atoms with Crippen molar-refractivity contribution in [3.8, 4) is 5.75 Å². The van der Waals surface area contributed by atoms with Crippen LogP contribution in [0.4, 0.5) is 5.69 Å². The van der Waals surface area contributed by atoms with E-state index in [9.17, 15) is 34.2 Å². The van der Waals surface area contributed by atoms with E-state index in [4.69, 9.17) is 5.73 Å². The van der Waals surface area contributed by atoms with Gasteiger partial charge in [0, 0.05) is 25.7 Å². The Morgan fingerprint density at radius 1 is 1.09 bits per heavy atom. The number of anilines is 1. The number of ketones is 4. The Hall–Kier alpha value is -3.11. The van der Waals surface area contributed by atoms with Crippen molar-refractivity contribution in [2.75, 3.05) is 33.1 Å². The normalized spacial score (nSPS) is 33.5. The number of phenols is 1. The van der Waals surface area contributed by atoms with Gasteiger partial charge in [-0.15, -0.1) is 0 Å². The van der Waals surface area contributed by atoms with Crippen molar-refractivity contribution in [1.29, 1.82) is 0 Å². The highest BCUT2D eigenvalue weighted by Crippen LogP contribution is 2.51. The molecule has 33 heavy (non-hydrogen) atoms. The fourth-order valence-electron chi connectivity index (χ4n) is 6.01. The van der Waals surface area contributed by atoms with Crippen LogP contribution in [0.2, 0.25) is 0 Å². The van der Waals surface area contributed by atoms with Crippen LogP contribution in [0.25, 0.3) is 0 Å². The zero-order valence-electron chi connectivity index (χ0n) is 18.9. The Labute approximate surface area is 190 Å². The summed E-state index contributed by atoms with van der Waals surface area (Å²) in [5.74, 6) is -10.3. The van der Waals surface area contributed by atoms with Crippen molar-refractivity contribution in [2.45, 2.75) is 24.5 Å². The van der Waals surface area contributed by atoms with Crippen LogP contribution < -0.4 is 10.6 Å². The fraction of sp³-hybridized carbons (Fsp3) is 0.522. The Bertz CT molecular complexity index is 1110. The van der Waals surface area contributed by atoms with Crippen molar-refractivity contribution in [2.24, 2.45) is 29.4 Å². The van der Waals surface area contributed by atoms with Gasteiger partial charge >= 0.3 is 0 Å². The number of carbonyl (C=O) groups is 5. The first-order valence-electron chi connectivity index (χ1n) is 10.7. The number of Topliss-reactive ketones (excluding diaryl/α,β-unsaturated/α-hetero) is 4. The lowest BCUT2D eigenvalue weighted by molar-refractivity contribution is -0.181. The monoisotopic (exact) mass is 457 g/mol. The highest BCUT2D eigenvalue weighted by Gasteiger charge is 2.69. The SMILES string of the molecule is CN(C)c1ccc(O)c2c1CC1CC3C(N(C)C)C(=O)C(C(N)=O)C(=O)[C@@]3(O)C(=O)C1C2=O. The van der Waals surface area contributed by atoms with Crippen molar-refractivity contribution >= 4 is 34.7 Å². The van der Waals surface area contributed by atoms with Gasteiger partial charge in [-0.2, -0.15) is 0 Å². The minimum atomic E-state index is -2.70. The summed E-state index contributed by atoms with van der Waals surface area (Å²) in [6, 6.07) is 1.94. The molecule has 2 saturated carbocycles. The largest absolute Gasteiger partial charge is 0.507 e. The summed E-state index contributed by atoms with van der Waals surface area (Å²) in [7, 11) is 6.69. The highest BCUT2D eigenvalue weighted by molar-refractivity contribution is 6.32. The van der Waals surface area contributed by atoms with E-state index in [0.29, 0.717) is 11.3 Å². The number of rotatable bonds is 3. The number of hydrogen-bond acceptors (Lipinski definition) is 9. The molecule has 3 aliphatic carbocycles. The van der Waals surface area contributed by atoms with Crippen LogP contribution in [-0.2, 0) is 25.6 Å². The molecule has 5 unspecified atom stereocenters. The van der Waals surface area contributed by atoms with E-state index in [1.54, 1.807) is 39.2 Å². The molecule has 0 heterocycles. The highest BCUT2D eigenvalue weighted by atomic mass is 16.3. The summed E-state index contributed by atoms with van der Waals surface area (Å²) in [6.45, 7) is 0. The van der Waals surface area contributed by atoms with Gasteiger partial charge in [-0.05, 0) is 50.6 Å². The van der Waals surface area contributed by atoms with Gasteiger partial charge in [0.15, 0.2) is 34.7 Å². The quantitative estimate of drug-likeness (QED) is 0.481. The topological polar surface area (TPSA) is 158 Å². The number of primary amides is 1. The van der Waals surface area contributed by atoms with Crippen LogP contribution >= 0.6 is 0 Å². The molecule has 0 saturated heterocycles. The molecule has 0 spiro atoms. The predicted octanol–water partition coefficient (Wildman–Crippen LogP) is -1.07. The molecule has 0 bridgehead atoms. The second-order valence-corrected chi connectivity index (χ2v) is 9.64. The maximum atomic E-state index is 13.7. The third kappa shape index (κ3) is 2.97. The summed E-state index contributed by atoms with van der Waals surface area (Å²) in [6.07, 6.45) is 0.278. The number of nitrogens with two attached hydrogens (primary N) is 1. The first-order chi connectivity index (χ1) is 15.3. The fourth-order valence-corrected chi connectivity index (χ4v) is 6.01. The number of likely N-dealkylation sites (N-methyl/N-ethyl adjacent to an activating group) is 1. The molecule has 4 rings (SSSR count). The Morgan fingerprint density at radius 2 is 1.73 bits per heavy atom. The van der Waals surface area contributed by atoms with E-state index in [-0.39, 0.29) is 24.2 Å². The molecule has 2 fully saturated rings. The number of fused-ring (bicyclic) bond motifs is 3. The first kappa shape index (κ1) is 23.1. The molecule has 1 aromatic rings. The van der Waals surface area contributed by atoms with Crippen molar-refractivity contribution in [1.82, 2.24) is 4.90 Å². The van der Waals surface area contributed by atoms with E-state index in [0.717, 1.165) is 0 Å². The number of aliphatic hydroxyl groups is 1. The summed E-state index contributed by atoms with van der Waals surface area (Å²) < 4.78 is 0. The van der Waals surface area contributed by atoms with E-state index in [2.05, 4.69) is 0 Å². The summed E-state index contributed by atoms with van der Waals surface area (Å²) in [5, 5.41) is 21.9. The molecule has 0 aromatic heterocycles. The smallest absolute Gasteiger partial charge is 0.235 e. The third-order valence-corrected chi connectivity index (χ3v) is 7.40. The van der Waals surface area contributed by atoms with Crippen molar-refractivity contribution < 1.29 is 34.2 Å². The second kappa shape index (κ2) is 7.46. The molecule has 3 aliphatic rings. The molecule has 1 amide bonds. The Balaban J connectivity index is 1.89. The van der Waals surface area contributed by atoms with Crippen LogP contribution in [-0.4, -0.2) is 84.0 Å². The molecule has 6 atom stereocenters. The van der Waals surface area contributed by atoms with Gasteiger partial charge in [-0.25, -0.2) is 0 Å². The Morgan fingerprint density at radius 3 is 2.27 bits per heavy atom. The predicted molar refractivity (Wildman–Crippen MR) is 116 cm³/mol. The van der Waals surface area contributed by atoms with Gasteiger partial charge in [-0.1, -0.05) is 0 Å². The molecule has 176 valence electrons. The van der Waals surface area contributed by atoms with Gasteiger partial charge in [0.05, 0.1) is 17.5 Å². The third-order valence-electron chi connectivity index (χ3n) is 7.40. The van der Waals surface area contributed by atoms with Crippen LogP contribution in [0.1, 0.15) is 22.3 Å². The summed E-state index contributed by atoms with van der Waals surface area (Å²) in [5.41, 5.74) is 3.87. The lowest BCUT2D eigenvalue weighted by Crippen LogP contribution is -2.74. The molecular weight excluding hydrogens is 430 g/mol.